The minimum Gasteiger partial charge on any atom is -0.390 e. The van der Waals surface area contributed by atoms with Gasteiger partial charge in [0.05, 0.1) is 0 Å². The molecule has 0 aliphatic carbocycles. The van der Waals surface area contributed by atoms with Crippen LogP contribution in [0.25, 0.3) is 0 Å². The first-order chi connectivity index (χ1) is 15.2. The van der Waals surface area contributed by atoms with Crippen molar-refractivity contribution in [3.63, 3.8) is 0 Å². The molecule has 1 radical (unpaired) electrons. The molecule has 1 aliphatic heterocycles. The largest absolute Gasteiger partial charge is 0.521 e. The summed E-state index contributed by atoms with van der Waals surface area (Å²) in [6, 6.07) is 1.16. The van der Waals surface area contributed by atoms with Crippen molar-refractivity contribution in [2.75, 3.05) is 55.5 Å². The Morgan fingerprint density at radius 1 is 0.706 bits per heavy atom. The van der Waals surface area contributed by atoms with Crippen LogP contribution >= 0.6 is 11.2 Å². The molecule has 1 aliphatic rings. The van der Waals surface area contributed by atoms with E-state index in [-0.39, 0.29) is 49.7 Å². The second-order valence-electron chi connectivity index (χ2n) is 5.69. The van der Waals surface area contributed by atoms with Crippen LogP contribution < -0.4 is 0 Å². The fraction of sp³-hybridized carbons (Fsp3) is 0.625. The third kappa shape index (κ3) is 12.6. The van der Waals surface area contributed by atoms with Crippen LogP contribution in [0.15, 0.2) is 36.8 Å². The summed E-state index contributed by atoms with van der Waals surface area (Å²) in [6.45, 7) is 11.1. The maximum Gasteiger partial charge on any atom is 0.521 e. The van der Waals surface area contributed by atoms with E-state index < -0.39 is 34.1 Å². The first-order valence-corrected chi connectivity index (χ1v) is 18.4. The third-order valence-electron chi connectivity index (χ3n) is 4.31. The molecule has 1 saturated heterocycles. The van der Waals surface area contributed by atoms with Gasteiger partial charge in [-0.05, 0) is 29.3 Å². The van der Waals surface area contributed by atoms with Crippen molar-refractivity contribution in [2.24, 2.45) is 0 Å². The number of hydrogen-bond donors (Lipinski definition) is 0. The Hall–Kier alpha value is 1.13. The van der Waals surface area contributed by atoms with Crippen molar-refractivity contribution in [2.45, 2.75) is 12.5 Å². The molecule has 0 aromatic rings. The van der Waals surface area contributed by atoms with Gasteiger partial charge in [0, 0.05) is 116 Å². The Kier molecular flexibility index (Phi) is 27.5. The molecule has 18 heteroatoms. The zero-order chi connectivity index (χ0) is 25.3. The summed E-state index contributed by atoms with van der Waals surface area (Å²) < 4.78 is 49.2. The van der Waals surface area contributed by atoms with E-state index in [1.807, 2.05) is 11.2 Å². The predicted octanol–water partition coefficient (Wildman–Crippen LogP) is 2.63. The number of hydrogen-bond acceptors (Lipinski definition) is 12. The monoisotopic (exact) mass is 833 g/mol. The maximum atomic E-state index is 6.00. The molecule has 34 heavy (non-hydrogen) atoms. The van der Waals surface area contributed by atoms with Crippen LogP contribution in [-0.2, 0) is 57.8 Å². The normalized spacial score (nSPS) is 14.6. The summed E-state index contributed by atoms with van der Waals surface area (Å²) in [4.78, 5) is 0. The SMILES string of the molecule is C=C[Si](OC)(OC)O[Si](C=C)(OC)O[Si](C=C)(OC)OC.CO[Si]1(OC)CCCS1.N#N.[U].[V]. The van der Waals surface area contributed by atoms with E-state index in [0.29, 0.717) is 0 Å². The average Bonchev–Trinajstić information content (AvgIpc) is 3.37. The molecular formula is C16H36N2O9SSi4UV. The molecule has 0 saturated carbocycles. The van der Waals surface area contributed by atoms with Crippen molar-refractivity contribution in [1.29, 1.82) is 10.8 Å². The number of nitrogens with zero attached hydrogens (tertiary/aromatic N) is 2. The van der Waals surface area contributed by atoms with Crippen LogP contribution in [0.3, 0.4) is 0 Å². The molecule has 0 N–H and O–H groups in total. The molecule has 0 spiro atoms. The van der Waals surface area contributed by atoms with E-state index in [9.17, 15) is 0 Å². The van der Waals surface area contributed by atoms with Gasteiger partial charge in [-0.2, -0.15) is 0 Å². The Balaban J connectivity index is -0.000000289. The minimum absolute atomic E-state index is 0. The summed E-state index contributed by atoms with van der Waals surface area (Å²) >= 11 is 1.88. The van der Waals surface area contributed by atoms with Gasteiger partial charge < -0.3 is 39.2 Å². The molecule has 1 fully saturated rings. The standard InChI is InChI=1S/C11H24O7Si3.C5H12O2SSi.N2.U.V/c1-9-19(12-4,13-5)17-21(11-3,16-8)18-20(10-2,14-6)15-7;1-6-9(7-2)5-3-4-8-9;1-2;;/h9-11H,1-3H2,4-8H3;3-5H2,1-2H3;;;. The Morgan fingerprint density at radius 2 is 1.03 bits per heavy atom. The van der Waals surface area contributed by atoms with Gasteiger partial charge in [0.2, 0.25) is 0 Å². The molecule has 0 aromatic carbocycles. The smallest absolute Gasteiger partial charge is 0.390 e. The Bertz CT molecular complexity index is 556. The predicted molar refractivity (Wildman–Crippen MR) is 130 cm³/mol. The molecule has 0 unspecified atom stereocenters. The second kappa shape index (κ2) is 22.1. The van der Waals surface area contributed by atoms with Gasteiger partial charge in [0.1, 0.15) is 0 Å². The van der Waals surface area contributed by atoms with Crippen LogP contribution in [0, 0.1) is 41.9 Å². The molecule has 1 rings (SSSR count). The molecule has 0 atom stereocenters. The zero-order valence-corrected chi connectivity index (χ0v) is 31.3. The van der Waals surface area contributed by atoms with Gasteiger partial charge in [0.15, 0.2) is 0 Å². The topological polar surface area (TPSA) is 131 Å². The first-order valence-electron chi connectivity index (χ1n) is 9.24. The summed E-state index contributed by atoms with van der Waals surface area (Å²) in [7, 11) is -0.573. The quantitative estimate of drug-likeness (QED) is 0.189. The third-order valence-corrected chi connectivity index (χ3v) is 19.9. The van der Waals surface area contributed by atoms with Crippen molar-refractivity contribution in [3.8, 4) is 0 Å². The van der Waals surface area contributed by atoms with E-state index in [1.165, 1.54) is 64.8 Å². The second-order valence-corrected chi connectivity index (χ2v) is 20.3. The van der Waals surface area contributed by atoms with Crippen LogP contribution in [0.1, 0.15) is 6.42 Å². The van der Waals surface area contributed by atoms with Gasteiger partial charge in [0.25, 0.3) is 0 Å². The first kappa shape index (κ1) is 42.2. The van der Waals surface area contributed by atoms with Gasteiger partial charge in [-0.3, -0.25) is 0 Å². The maximum absolute atomic E-state index is 6.00. The van der Waals surface area contributed by atoms with Crippen molar-refractivity contribution < 1.29 is 88.9 Å². The van der Waals surface area contributed by atoms with Crippen LogP contribution in [0.2, 0.25) is 6.04 Å². The summed E-state index contributed by atoms with van der Waals surface area (Å²) in [5.41, 5.74) is 4.38. The average molecular weight is 834 g/mol. The summed E-state index contributed by atoms with van der Waals surface area (Å²) in [6.07, 6.45) is 1.26. The van der Waals surface area contributed by atoms with Gasteiger partial charge in [-0.15, -0.1) is 11.2 Å². The fourth-order valence-corrected chi connectivity index (χ4v) is 16.0. The summed E-state index contributed by atoms with van der Waals surface area (Å²) in [5.74, 6) is 1.22. The van der Waals surface area contributed by atoms with E-state index >= 15 is 0 Å². The Labute approximate surface area is 247 Å². The molecular weight excluding hydrogens is 798 g/mol. The summed E-state index contributed by atoms with van der Waals surface area (Å²) in [5, 5.41) is 12.0. The van der Waals surface area contributed by atoms with E-state index in [2.05, 4.69) is 19.7 Å². The fourth-order valence-electron chi connectivity index (χ4n) is 2.41. The molecule has 195 valence electrons. The van der Waals surface area contributed by atoms with Crippen molar-refractivity contribution in [1.82, 2.24) is 0 Å². The van der Waals surface area contributed by atoms with Crippen LogP contribution in [0.5, 0.6) is 0 Å². The Morgan fingerprint density at radius 3 is 1.18 bits per heavy atom. The zero-order valence-electron chi connectivity index (χ0n) is 20.9. The van der Waals surface area contributed by atoms with Gasteiger partial charge >= 0.3 is 34.1 Å². The van der Waals surface area contributed by atoms with E-state index in [0.717, 1.165) is 6.04 Å². The van der Waals surface area contributed by atoms with E-state index in [1.54, 1.807) is 14.2 Å². The number of rotatable bonds is 14. The van der Waals surface area contributed by atoms with E-state index in [4.69, 9.17) is 50.0 Å². The molecule has 0 aromatic heterocycles. The molecule has 0 bridgehead atoms. The molecule has 0 amide bonds. The minimum atomic E-state index is -3.40. The van der Waals surface area contributed by atoms with Gasteiger partial charge in [-0.25, -0.2) is 0 Å². The van der Waals surface area contributed by atoms with Crippen LogP contribution in [-0.4, -0.2) is 89.6 Å². The molecule has 1 heterocycles. The van der Waals surface area contributed by atoms with Crippen LogP contribution in [0.4, 0.5) is 0 Å². The van der Waals surface area contributed by atoms with Gasteiger partial charge in [-0.1, -0.05) is 19.7 Å². The van der Waals surface area contributed by atoms with Crippen molar-refractivity contribution >= 4 is 45.3 Å². The molecule has 11 nitrogen and oxygen atoms in total. The van der Waals surface area contributed by atoms with Crippen molar-refractivity contribution in [3.05, 3.63) is 36.8 Å².